The van der Waals surface area contributed by atoms with E-state index in [1.165, 1.54) is 56.5 Å². The van der Waals surface area contributed by atoms with E-state index in [0.29, 0.717) is 17.1 Å². The topological polar surface area (TPSA) is 134 Å². The zero-order valence-corrected chi connectivity index (χ0v) is 14.1. The number of nitro benzene ring substituents is 1. The Hall–Kier alpha value is -3.62. The normalized spacial score (nSPS) is 11.3. The predicted octanol–water partition coefficient (Wildman–Crippen LogP) is 2.11. The minimum Gasteiger partial charge on any atom is -0.496 e. The molecule has 0 heterocycles. The molecule has 9 heteroatoms. The van der Waals surface area contributed by atoms with Crippen molar-refractivity contribution in [2.75, 3.05) is 12.4 Å². The van der Waals surface area contributed by atoms with Crippen LogP contribution in [-0.2, 0) is 4.79 Å². The second-order valence-electron chi connectivity index (χ2n) is 5.28. The Balaban J connectivity index is 2.09. The van der Waals surface area contributed by atoms with Crippen molar-refractivity contribution in [2.24, 2.45) is 5.73 Å². The SMILES string of the molecule is COc1ccc(NC(=O)[C@@H](C)Oc2ccc(C(N)=O)cc2)c([N+](=O)[O-])c1. The summed E-state index contributed by atoms with van der Waals surface area (Å²) in [6, 6.07) is 10.0. The maximum absolute atomic E-state index is 12.3. The maximum atomic E-state index is 12.3. The molecule has 0 saturated heterocycles. The highest BCUT2D eigenvalue weighted by atomic mass is 16.6. The third-order valence-electron chi connectivity index (χ3n) is 3.48. The standard InChI is InChI=1S/C17H17N3O6/c1-10(26-12-5-3-11(4-6-12)16(18)21)17(22)19-14-8-7-13(25-2)9-15(14)20(23)24/h3-10H,1-2H3,(H2,18,21)(H,19,22)/t10-/m1/s1. The molecule has 0 radical (unpaired) electrons. The van der Waals surface area contributed by atoms with Crippen LogP contribution < -0.4 is 20.5 Å². The molecule has 2 aromatic rings. The fourth-order valence-corrected chi connectivity index (χ4v) is 2.08. The molecule has 2 rings (SSSR count). The summed E-state index contributed by atoms with van der Waals surface area (Å²) in [4.78, 5) is 33.8. The summed E-state index contributed by atoms with van der Waals surface area (Å²) in [7, 11) is 1.39. The minimum atomic E-state index is -0.934. The lowest BCUT2D eigenvalue weighted by Crippen LogP contribution is -2.30. The first-order valence-corrected chi connectivity index (χ1v) is 7.51. The van der Waals surface area contributed by atoms with E-state index in [-0.39, 0.29) is 11.4 Å². The highest BCUT2D eigenvalue weighted by Gasteiger charge is 2.21. The van der Waals surface area contributed by atoms with E-state index in [2.05, 4.69) is 5.32 Å². The van der Waals surface area contributed by atoms with Crippen LogP contribution in [0.1, 0.15) is 17.3 Å². The smallest absolute Gasteiger partial charge is 0.296 e. The van der Waals surface area contributed by atoms with Crippen molar-refractivity contribution in [3.05, 3.63) is 58.1 Å². The van der Waals surface area contributed by atoms with Gasteiger partial charge in [0.15, 0.2) is 6.10 Å². The Morgan fingerprint density at radius 1 is 1.15 bits per heavy atom. The van der Waals surface area contributed by atoms with Crippen LogP contribution in [0.3, 0.4) is 0 Å². The summed E-state index contributed by atoms with van der Waals surface area (Å²) < 4.78 is 10.4. The Bertz CT molecular complexity index is 835. The van der Waals surface area contributed by atoms with Gasteiger partial charge in [-0.2, -0.15) is 0 Å². The molecule has 0 aromatic heterocycles. The van der Waals surface area contributed by atoms with Gasteiger partial charge in [-0.3, -0.25) is 19.7 Å². The Morgan fingerprint density at radius 3 is 2.31 bits per heavy atom. The zero-order valence-electron chi connectivity index (χ0n) is 14.1. The van der Waals surface area contributed by atoms with Gasteiger partial charge in [0.2, 0.25) is 5.91 Å². The molecule has 2 aromatic carbocycles. The van der Waals surface area contributed by atoms with Gasteiger partial charge in [-0.05, 0) is 43.3 Å². The van der Waals surface area contributed by atoms with E-state index in [0.717, 1.165) is 0 Å². The van der Waals surface area contributed by atoms with Gasteiger partial charge in [-0.1, -0.05) is 0 Å². The fraction of sp³-hybridized carbons (Fsp3) is 0.176. The molecule has 0 bridgehead atoms. The molecular formula is C17H17N3O6. The number of hydrogen-bond acceptors (Lipinski definition) is 6. The number of amides is 2. The van der Waals surface area contributed by atoms with Crippen LogP contribution in [0.5, 0.6) is 11.5 Å². The van der Waals surface area contributed by atoms with Crippen LogP contribution in [-0.4, -0.2) is 30.0 Å². The van der Waals surface area contributed by atoms with E-state index in [1.807, 2.05) is 0 Å². The lowest BCUT2D eigenvalue weighted by Gasteiger charge is -2.15. The summed E-state index contributed by atoms with van der Waals surface area (Å²) in [5.41, 5.74) is 5.19. The van der Waals surface area contributed by atoms with Crippen LogP contribution in [0.15, 0.2) is 42.5 Å². The van der Waals surface area contributed by atoms with E-state index in [4.69, 9.17) is 15.2 Å². The number of nitro groups is 1. The van der Waals surface area contributed by atoms with Crippen molar-refractivity contribution >= 4 is 23.2 Å². The number of anilines is 1. The van der Waals surface area contributed by atoms with E-state index in [1.54, 1.807) is 0 Å². The van der Waals surface area contributed by atoms with E-state index in [9.17, 15) is 19.7 Å². The van der Waals surface area contributed by atoms with Gasteiger partial charge < -0.3 is 20.5 Å². The number of nitrogens with one attached hydrogen (secondary N) is 1. The van der Waals surface area contributed by atoms with Crippen LogP contribution in [0, 0.1) is 10.1 Å². The number of primary amides is 1. The van der Waals surface area contributed by atoms with Gasteiger partial charge >= 0.3 is 0 Å². The Kier molecular flexibility index (Phi) is 5.74. The van der Waals surface area contributed by atoms with E-state index >= 15 is 0 Å². The van der Waals surface area contributed by atoms with Gasteiger partial charge in [0.25, 0.3) is 11.6 Å². The number of nitrogens with zero attached hydrogens (tertiary/aromatic N) is 1. The molecule has 0 fully saturated rings. The third kappa shape index (κ3) is 4.47. The molecular weight excluding hydrogens is 342 g/mol. The monoisotopic (exact) mass is 359 g/mol. The van der Waals surface area contributed by atoms with Gasteiger partial charge in [-0.25, -0.2) is 0 Å². The number of rotatable bonds is 7. The summed E-state index contributed by atoms with van der Waals surface area (Å²) in [5.74, 6) is -0.498. The zero-order chi connectivity index (χ0) is 19.3. The molecule has 1 atom stereocenters. The summed E-state index contributed by atoms with van der Waals surface area (Å²) in [6.07, 6.45) is -0.934. The minimum absolute atomic E-state index is 0.0281. The molecule has 2 amide bonds. The fourth-order valence-electron chi connectivity index (χ4n) is 2.08. The van der Waals surface area contributed by atoms with Gasteiger partial charge in [0.1, 0.15) is 17.2 Å². The van der Waals surface area contributed by atoms with Crippen molar-refractivity contribution < 1.29 is 24.0 Å². The Labute approximate surface area is 148 Å². The summed E-state index contributed by atoms with van der Waals surface area (Å²) in [6.45, 7) is 1.49. The van der Waals surface area contributed by atoms with Crippen molar-refractivity contribution in [3.8, 4) is 11.5 Å². The molecule has 3 N–H and O–H groups in total. The molecule has 0 aliphatic heterocycles. The molecule has 136 valence electrons. The first-order valence-electron chi connectivity index (χ1n) is 7.51. The van der Waals surface area contributed by atoms with Crippen molar-refractivity contribution in [1.29, 1.82) is 0 Å². The number of carbonyl (C=O) groups excluding carboxylic acids is 2. The quantitative estimate of drug-likeness (QED) is 0.574. The molecule has 0 aliphatic carbocycles. The number of ether oxygens (including phenoxy) is 2. The number of carbonyl (C=O) groups is 2. The van der Waals surface area contributed by atoms with Crippen LogP contribution in [0.25, 0.3) is 0 Å². The van der Waals surface area contributed by atoms with Crippen molar-refractivity contribution in [1.82, 2.24) is 0 Å². The lowest BCUT2D eigenvalue weighted by atomic mass is 10.2. The molecule has 9 nitrogen and oxygen atoms in total. The number of benzene rings is 2. The van der Waals surface area contributed by atoms with Crippen molar-refractivity contribution in [2.45, 2.75) is 13.0 Å². The maximum Gasteiger partial charge on any atom is 0.296 e. The number of methoxy groups -OCH3 is 1. The molecule has 0 unspecified atom stereocenters. The number of hydrogen-bond donors (Lipinski definition) is 2. The average Bonchev–Trinajstić information content (AvgIpc) is 2.62. The van der Waals surface area contributed by atoms with Crippen molar-refractivity contribution in [3.63, 3.8) is 0 Å². The molecule has 0 aliphatic rings. The molecule has 0 saturated carbocycles. The van der Waals surface area contributed by atoms with Crippen LogP contribution >= 0.6 is 0 Å². The van der Waals surface area contributed by atoms with E-state index < -0.39 is 22.8 Å². The summed E-state index contributed by atoms with van der Waals surface area (Å²) in [5, 5.41) is 13.6. The molecule has 26 heavy (non-hydrogen) atoms. The highest BCUT2D eigenvalue weighted by molar-refractivity contribution is 5.96. The lowest BCUT2D eigenvalue weighted by molar-refractivity contribution is -0.384. The largest absolute Gasteiger partial charge is 0.496 e. The van der Waals surface area contributed by atoms with Gasteiger partial charge in [0.05, 0.1) is 18.1 Å². The molecule has 0 spiro atoms. The van der Waals surface area contributed by atoms with Gasteiger partial charge in [0, 0.05) is 5.56 Å². The van der Waals surface area contributed by atoms with Crippen LogP contribution in [0.4, 0.5) is 11.4 Å². The van der Waals surface area contributed by atoms with Gasteiger partial charge in [-0.15, -0.1) is 0 Å². The second kappa shape index (κ2) is 7.97. The van der Waals surface area contributed by atoms with Crippen LogP contribution in [0.2, 0.25) is 0 Å². The number of nitrogens with two attached hydrogens (primary N) is 1. The second-order valence-corrected chi connectivity index (χ2v) is 5.28. The first kappa shape index (κ1) is 18.7. The third-order valence-corrected chi connectivity index (χ3v) is 3.48. The highest BCUT2D eigenvalue weighted by Crippen LogP contribution is 2.29. The summed E-state index contributed by atoms with van der Waals surface area (Å²) >= 11 is 0. The Morgan fingerprint density at radius 2 is 1.77 bits per heavy atom. The predicted molar refractivity (Wildman–Crippen MR) is 93.3 cm³/mol. The first-order chi connectivity index (χ1) is 12.3. The average molecular weight is 359 g/mol.